The van der Waals surface area contributed by atoms with Crippen LogP contribution in [0.1, 0.15) is 11.1 Å². The number of pyridine rings is 1. The maximum absolute atomic E-state index is 12.9. The van der Waals surface area contributed by atoms with E-state index in [4.69, 9.17) is 16.3 Å². The Morgan fingerprint density at radius 2 is 2.25 bits per heavy atom. The molecule has 0 saturated heterocycles. The fourth-order valence-electron chi connectivity index (χ4n) is 2.74. The topological polar surface area (TPSA) is 42.4 Å². The van der Waals surface area contributed by atoms with Gasteiger partial charge >= 0.3 is 0 Å². The zero-order valence-electron chi connectivity index (χ0n) is 12.7. The SMILES string of the molecule is O=C(Cc1cc(Cl)cc2c1OCC2)N(CC(F)F)c1cccnc1. The van der Waals surface area contributed by atoms with E-state index < -0.39 is 18.9 Å². The molecule has 0 aliphatic carbocycles. The quantitative estimate of drug-likeness (QED) is 0.827. The van der Waals surface area contributed by atoms with Gasteiger partial charge in [-0.2, -0.15) is 0 Å². The summed E-state index contributed by atoms with van der Waals surface area (Å²) in [5.41, 5.74) is 1.89. The summed E-state index contributed by atoms with van der Waals surface area (Å²) >= 11 is 6.08. The number of aromatic nitrogens is 1. The van der Waals surface area contributed by atoms with Crippen LogP contribution in [0.25, 0.3) is 0 Å². The minimum atomic E-state index is -2.64. The summed E-state index contributed by atoms with van der Waals surface area (Å²) in [5, 5.41) is 0.504. The van der Waals surface area contributed by atoms with E-state index in [1.807, 2.05) is 0 Å². The highest BCUT2D eigenvalue weighted by molar-refractivity contribution is 6.30. The Balaban J connectivity index is 1.87. The van der Waals surface area contributed by atoms with Gasteiger partial charge in [-0.3, -0.25) is 9.78 Å². The number of carbonyl (C=O) groups excluding carboxylic acids is 1. The van der Waals surface area contributed by atoms with Crippen molar-refractivity contribution in [3.8, 4) is 5.75 Å². The Bertz CT molecular complexity index is 741. The van der Waals surface area contributed by atoms with Crippen molar-refractivity contribution in [3.63, 3.8) is 0 Å². The molecule has 0 N–H and O–H groups in total. The van der Waals surface area contributed by atoms with E-state index in [-0.39, 0.29) is 6.42 Å². The van der Waals surface area contributed by atoms with Gasteiger partial charge in [-0.15, -0.1) is 0 Å². The van der Waals surface area contributed by atoms with Crippen molar-refractivity contribution in [1.82, 2.24) is 4.98 Å². The van der Waals surface area contributed by atoms with Gasteiger partial charge in [0.05, 0.1) is 31.5 Å². The van der Waals surface area contributed by atoms with Crippen LogP contribution in [0, 0.1) is 0 Å². The van der Waals surface area contributed by atoms with Gasteiger partial charge in [0, 0.05) is 23.2 Å². The number of rotatable bonds is 5. The van der Waals surface area contributed by atoms with E-state index in [1.165, 1.54) is 12.4 Å². The third-order valence-corrected chi connectivity index (χ3v) is 3.96. The minimum absolute atomic E-state index is 0.0650. The molecule has 1 amide bonds. The molecular formula is C17H15ClF2N2O2. The molecule has 0 bridgehead atoms. The van der Waals surface area contributed by atoms with Crippen LogP contribution in [-0.4, -0.2) is 30.5 Å². The lowest BCUT2D eigenvalue weighted by molar-refractivity contribution is -0.118. The molecule has 0 saturated carbocycles. The molecule has 3 rings (SSSR count). The fourth-order valence-corrected chi connectivity index (χ4v) is 3.00. The molecule has 4 nitrogen and oxygen atoms in total. The monoisotopic (exact) mass is 352 g/mol. The maximum atomic E-state index is 12.9. The van der Waals surface area contributed by atoms with E-state index >= 15 is 0 Å². The van der Waals surface area contributed by atoms with Crippen LogP contribution in [0.4, 0.5) is 14.5 Å². The Hall–Kier alpha value is -2.21. The minimum Gasteiger partial charge on any atom is -0.493 e. The second-order valence-electron chi connectivity index (χ2n) is 5.44. The zero-order valence-corrected chi connectivity index (χ0v) is 13.5. The molecule has 1 aromatic carbocycles. The van der Waals surface area contributed by atoms with Crippen LogP contribution < -0.4 is 9.64 Å². The van der Waals surface area contributed by atoms with Gasteiger partial charge in [0.15, 0.2) is 0 Å². The highest BCUT2D eigenvalue weighted by atomic mass is 35.5. The van der Waals surface area contributed by atoms with Gasteiger partial charge in [0.25, 0.3) is 6.43 Å². The number of carbonyl (C=O) groups is 1. The van der Waals surface area contributed by atoms with Gasteiger partial charge in [0.2, 0.25) is 5.91 Å². The zero-order chi connectivity index (χ0) is 17.1. The highest BCUT2D eigenvalue weighted by Gasteiger charge is 2.24. The molecule has 2 aromatic rings. The van der Waals surface area contributed by atoms with Crippen molar-refractivity contribution in [1.29, 1.82) is 0 Å². The first kappa shape index (κ1) is 16.6. The standard InChI is InChI=1S/C17H15ClF2N2O2/c18-13-6-11-3-5-24-17(11)12(7-13)8-16(23)22(10-15(19)20)14-2-1-4-21-9-14/h1-2,4,6-7,9,15H,3,5,8,10H2. The van der Waals surface area contributed by atoms with Crippen molar-refractivity contribution in [2.24, 2.45) is 0 Å². The molecule has 126 valence electrons. The normalized spacial score (nSPS) is 12.8. The molecule has 0 radical (unpaired) electrons. The van der Waals surface area contributed by atoms with Crippen molar-refractivity contribution in [3.05, 3.63) is 52.8 Å². The van der Waals surface area contributed by atoms with Gasteiger partial charge in [-0.1, -0.05) is 11.6 Å². The van der Waals surface area contributed by atoms with Crippen LogP contribution in [0.15, 0.2) is 36.7 Å². The van der Waals surface area contributed by atoms with E-state index in [1.54, 1.807) is 24.3 Å². The molecule has 24 heavy (non-hydrogen) atoms. The molecule has 1 aliphatic heterocycles. The van der Waals surface area contributed by atoms with Crippen LogP contribution in [-0.2, 0) is 17.6 Å². The molecule has 0 atom stereocenters. The van der Waals surface area contributed by atoms with Crippen LogP contribution in [0.5, 0.6) is 5.75 Å². The smallest absolute Gasteiger partial charge is 0.256 e. The number of amides is 1. The molecule has 0 unspecified atom stereocenters. The lowest BCUT2D eigenvalue weighted by atomic mass is 10.0. The van der Waals surface area contributed by atoms with Gasteiger partial charge in [-0.25, -0.2) is 8.78 Å². The van der Waals surface area contributed by atoms with E-state index in [2.05, 4.69) is 4.98 Å². The molecule has 7 heteroatoms. The lowest BCUT2D eigenvalue weighted by Gasteiger charge is -2.22. The molecule has 2 heterocycles. The molecule has 1 aromatic heterocycles. The Labute approximate surface area is 143 Å². The third kappa shape index (κ3) is 3.64. The summed E-state index contributed by atoms with van der Waals surface area (Å²) in [7, 11) is 0. The summed E-state index contributed by atoms with van der Waals surface area (Å²) in [6, 6.07) is 6.62. The second kappa shape index (κ2) is 7.13. The Kier molecular flexibility index (Phi) is 4.94. The van der Waals surface area contributed by atoms with Crippen LogP contribution in [0.3, 0.4) is 0 Å². The summed E-state index contributed by atoms with van der Waals surface area (Å²) in [5.74, 6) is 0.180. The van der Waals surface area contributed by atoms with Gasteiger partial charge in [0.1, 0.15) is 5.75 Å². The first-order chi connectivity index (χ1) is 11.5. The Morgan fingerprint density at radius 3 is 2.96 bits per heavy atom. The summed E-state index contributed by atoms with van der Waals surface area (Å²) in [6.45, 7) is -0.158. The van der Waals surface area contributed by atoms with Crippen molar-refractivity contribution in [2.45, 2.75) is 19.3 Å². The molecule has 1 aliphatic rings. The number of hydrogen-bond donors (Lipinski definition) is 0. The molecular weight excluding hydrogens is 338 g/mol. The number of fused-ring (bicyclic) bond motifs is 1. The predicted octanol–water partition coefficient (Wildman–Crippen LogP) is 3.51. The summed E-state index contributed by atoms with van der Waals surface area (Å²) in [4.78, 5) is 17.6. The summed E-state index contributed by atoms with van der Waals surface area (Å²) in [6.07, 6.45) is 0.923. The van der Waals surface area contributed by atoms with E-state index in [9.17, 15) is 13.6 Å². The van der Waals surface area contributed by atoms with Crippen LogP contribution >= 0.6 is 11.6 Å². The number of ether oxygens (including phenoxy) is 1. The van der Waals surface area contributed by atoms with Crippen molar-refractivity contribution < 1.29 is 18.3 Å². The van der Waals surface area contributed by atoms with Gasteiger partial charge in [-0.05, 0) is 29.8 Å². The van der Waals surface area contributed by atoms with E-state index in [0.29, 0.717) is 28.6 Å². The van der Waals surface area contributed by atoms with Gasteiger partial charge < -0.3 is 9.64 Å². The fraction of sp³-hybridized carbons (Fsp3) is 0.294. The van der Waals surface area contributed by atoms with Crippen molar-refractivity contribution in [2.75, 3.05) is 18.1 Å². The summed E-state index contributed by atoms with van der Waals surface area (Å²) < 4.78 is 31.3. The number of benzene rings is 1. The van der Waals surface area contributed by atoms with Crippen molar-refractivity contribution >= 4 is 23.2 Å². The number of alkyl halides is 2. The molecule has 0 fully saturated rings. The average Bonchev–Trinajstić information content (AvgIpc) is 3.01. The second-order valence-corrected chi connectivity index (χ2v) is 5.87. The predicted molar refractivity (Wildman–Crippen MR) is 86.9 cm³/mol. The van der Waals surface area contributed by atoms with Crippen LogP contribution in [0.2, 0.25) is 5.02 Å². The lowest BCUT2D eigenvalue weighted by Crippen LogP contribution is -2.36. The number of hydrogen-bond acceptors (Lipinski definition) is 3. The highest BCUT2D eigenvalue weighted by Crippen LogP contribution is 2.33. The maximum Gasteiger partial charge on any atom is 0.256 e. The largest absolute Gasteiger partial charge is 0.493 e. The number of anilines is 1. The first-order valence-electron chi connectivity index (χ1n) is 7.47. The average molecular weight is 353 g/mol. The van der Waals surface area contributed by atoms with E-state index in [0.717, 1.165) is 16.9 Å². The third-order valence-electron chi connectivity index (χ3n) is 3.75. The Morgan fingerprint density at radius 1 is 1.42 bits per heavy atom. The first-order valence-corrected chi connectivity index (χ1v) is 7.85. The number of nitrogens with zero attached hydrogens (tertiary/aromatic N) is 2. The molecule has 0 spiro atoms. The number of halogens is 3.